The van der Waals surface area contributed by atoms with Crippen molar-refractivity contribution in [2.45, 2.75) is 6.54 Å². The Bertz CT molecular complexity index is 880. The lowest BCUT2D eigenvalue weighted by molar-refractivity contribution is 0.262. The molecule has 0 saturated heterocycles. The molecule has 2 aromatic carbocycles. The number of benzene rings is 2. The van der Waals surface area contributed by atoms with Gasteiger partial charge >= 0.3 is 6.03 Å². The molecule has 0 atom stereocenters. The maximum absolute atomic E-state index is 12.0. The third kappa shape index (κ3) is 3.99. The fourth-order valence-electron chi connectivity index (χ4n) is 2.23. The molecule has 0 spiro atoms. The van der Waals surface area contributed by atoms with Crippen LogP contribution in [0.3, 0.4) is 0 Å². The van der Waals surface area contributed by atoms with Crippen molar-refractivity contribution in [3.63, 3.8) is 0 Å². The summed E-state index contributed by atoms with van der Waals surface area (Å²) in [4.78, 5) is 12.0. The maximum Gasteiger partial charge on any atom is 0.324 e. The van der Waals surface area contributed by atoms with Gasteiger partial charge in [-0.2, -0.15) is 10.4 Å². The molecular formula is C18H15N5O. The SMILES string of the molecule is N#Cc1cccc(NC(=O)Nc2ccn(Cc3ccccc3)n2)c1. The van der Waals surface area contributed by atoms with Gasteiger partial charge in [-0.25, -0.2) is 4.79 Å². The van der Waals surface area contributed by atoms with Gasteiger partial charge in [0.15, 0.2) is 5.82 Å². The van der Waals surface area contributed by atoms with Crippen molar-refractivity contribution in [2.75, 3.05) is 10.6 Å². The van der Waals surface area contributed by atoms with Crippen LogP contribution < -0.4 is 10.6 Å². The number of nitrogens with one attached hydrogen (secondary N) is 2. The molecule has 0 unspecified atom stereocenters. The van der Waals surface area contributed by atoms with Crippen LogP contribution in [0, 0.1) is 11.3 Å². The summed E-state index contributed by atoms with van der Waals surface area (Å²) < 4.78 is 1.75. The van der Waals surface area contributed by atoms with Crippen LogP contribution in [0.25, 0.3) is 0 Å². The lowest BCUT2D eigenvalue weighted by Gasteiger charge is -2.06. The van der Waals surface area contributed by atoms with E-state index in [0.717, 1.165) is 5.56 Å². The van der Waals surface area contributed by atoms with Crippen LogP contribution >= 0.6 is 0 Å². The zero-order valence-electron chi connectivity index (χ0n) is 12.8. The number of anilines is 2. The van der Waals surface area contributed by atoms with Crippen LogP contribution in [-0.4, -0.2) is 15.8 Å². The summed E-state index contributed by atoms with van der Waals surface area (Å²) in [5, 5.41) is 18.5. The molecule has 6 heteroatoms. The van der Waals surface area contributed by atoms with Crippen molar-refractivity contribution in [1.82, 2.24) is 9.78 Å². The second-order valence-electron chi connectivity index (χ2n) is 5.16. The zero-order valence-corrected chi connectivity index (χ0v) is 12.8. The number of carbonyl (C=O) groups is 1. The quantitative estimate of drug-likeness (QED) is 0.773. The Balaban J connectivity index is 1.60. The van der Waals surface area contributed by atoms with Gasteiger partial charge in [0.25, 0.3) is 0 Å². The normalized spacial score (nSPS) is 9.96. The van der Waals surface area contributed by atoms with Crippen LogP contribution in [0.1, 0.15) is 11.1 Å². The smallest absolute Gasteiger partial charge is 0.308 e. The van der Waals surface area contributed by atoms with Crippen molar-refractivity contribution in [2.24, 2.45) is 0 Å². The highest BCUT2D eigenvalue weighted by molar-refractivity contribution is 5.99. The Labute approximate surface area is 139 Å². The van der Waals surface area contributed by atoms with Crippen molar-refractivity contribution in [1.29, 1.82) is 5.26 Å². The monoisotopic (exact) mass is 317 g/mol. The fourth-order valence-corrected chi connectivity index (χ4v) is 2.23. The van der Waals surface area contributed by atoms with Gasteiger partial charge in [0.2, 0.25) is 0 Å². The topological polar surface area (TPSA) is 82.7 Å². The predicted molar refractivity (Wildman–Crippen MR) is 91.6 cm³/mol. The summed E-state index contributed by atoms with van der Waals surface area (Å²) in [7, 11) is 0. The molecule has 3 aromatic rings. The van der Waals surface area contributed by atoms with Crippen molar-refractivity contribution in [3.8, 4) is 6.07 Å². The number of hydrogen-bond acceptors (Lipinski definition) is 3. The summed E-state index contributed by atoms with van der Waals surface area (Å²) in [6.45, 7) is 0.633. The second-order valence-corrected chi connectivity index (χ2v) is 5.16. The summed E-state index contributed by atoms with van der Waals surface area (Å²) in [6.07, 6.45) is 1.80. The summed E-state index contributed by atoms with van der Waals surface area (Å²) in [5.74, 6) is 0.458. The third-order valence-electron chi connectivity index (χ3n) is 3.32. The molecule has 0 aliphatic heterocycles. The van der Waals surface area contributed by atoms with Gasteiger partial charge in [0.05, 0.1) is 18.2 Å². The van der Waals surface area contributed by atoms with E-state index in [1.54, 1.807) is 41.2 Å². The molecule has 1 heterocycles. The number of carbonyl (C=O) groups excluding carboxylic acids is 1. The number of nitriles is 1. The molecule has 1 aromatic heterocycles. The molecule has 3 rings (SSSR count). The van der Waals surface area contributed by atoms with E-state index in [1.165, 1.54) is 0 Å². The molecular weight excluding hydrogens is 302 g/mol. The van der Waals surface area contributed by atoms with E-state index in [1.807, 2.05) is 36.4 Å². The number of urea groups is 1. The summed E-state index contributed by atoms with van der Waals surface area (Å²) in [6, 6.07) is 20.0. The standard InChI is InChI=1S/C18H15N5O/c19-12-15-7-4-8-16(11-15)20-18(24)21-17-9-10-23(22-17)13-14-5-2-1-3-6-14/h1-11H,13H2,(H2,20,21,22,24). The Morgan fingerprint density at radius 3 is 2.71 bits per heavy atom. The highest BCUT2D eigenvalue weighted by Gasteiger charge is 2.06. The van der Waals surface area contributed by atoms with E-state index in [-0.39, 0.29) is 0 Å². The van der Waals surface area contributed by atoms with Crippen LogP contribution in [0.2, 0.25) is 0 Å². The third-order valence-corrected chi connectivity index (χ3v) is 3.32. The number of nitrogens with zero attached hydrogens (tertiary/aromatic N) is 3. The Kier molecular flexibility index (Phi) is 4.54. The lowest BCUT2D eigenvalue weighted by Crippen LogP contribution is -2.20. The van der Waals surface area contributed by atoms with Gasteiger partial charge in [0.1, 0.15) is 0 Å². The Hall–Kier alpha value is -3.59. The molecule has 0 saturated carbocycles. The van der Waals surface area contributed by atoms with Crippen LogP contribution in [0.15, 0.2) is 66.9 Å². The van der Waals surface area contributed by atoms with E-state index in [9.17, 15) is 4.79 Å². The predicted octanol–water partition coefficient (Wildman–Crippen LogP) is 3.45. The van der Waals surface area contributed by atoms with Gasteiger partial charge in [-0.1, -0.05) is 36.4 Å². The van der Waals surface area contributed by atoms with E-state index < -0.39 is 6.03 Å². The summed E-state index contributed by atoms with van der Waals surface area (Å²) >= 11 is 0. The zero-order chi connectivity index (χ0) is 16.8. The van der Waals surface area contributed by atoms with E-state index in [0.29, 0.717) is 23.6 Å². The molecule has 118 valence electrons. The van der Waals surface area contributed by atoms with Gasteiger partial charge in [-0.3, -0.25) is 10.00 Å². The minimum Gasteiger partial charge on any atom is -0.308 e. The summed E-state index contributed by atoms with van der Waals surface area (Å²) in [5.41, 5.74) is 2.17. The van der Waals surface area contributed by atoms with Gasteiger partial charge in [-0.05, 0) is 23.8 Å². The van der Waals surface area contributed by atoms with Crippen LogP contribution in [0.5, 0.6) is 0 Å². The van der Waals surface area contributed by atoms with Crippen molar-refractivity contribution in [3.05, 3.63) is 78.0 Å². The lowest BCUT2D eigenvalue weighted by atomic mass is 10.2. The van der Waals surface area contributed by atoms with E-state index in [4.69, 9.17) is 5.26 Å². The van der Waals surface area contributed by atoms with Gasteiger partial charge in [0, 0.05) is 18.0 Å². The molecule has 6 nitrogen and oxygen atoms in total. The average molecular weight is 317 g/mol. The first-order chi connectivity index (χ1) is 11.7. The molecule has 0 bridgehead atoms. The molecule has 0 radical (unpaired) electrons. The molecule has 0 aliphatic carbocycles. The number of amides is 2. The van der Waals surface area contributed by atoms with E-state index >= 15 is 0 Å². The number of hydrogen-bond donors (Lipinski definition) is 2. The first-order valence-electron chi connectivity index (χ1n) is 7.38. The van der Waals surface area contributed by atoms with Gasteiger partial charge in [-0.15, -0.1) is 0 Å². The van der Waals surface area contributed by atoms with Crippen molar-refractivity contribution < 1.29 is 4.79 Å². The first-order valence-corrected chi connectivity index (χ1v) is 7.38. The molecule has 0 aliphatic rings. The second kappa shape index (κ2) is 7.11. The highest BCUT2D eigenvalue weighted by Crippen LogP contribution is 2.11. The molecule has 0 fully saturated rings. The number of aromatic nitrogens is 2. The first kappa shape index (κ1) is 15.3. The average Bonchev–Trinajstić information content (AvgIpc) is 3.02. The molecule has 2 N–H and O–H groups in total. The molecule has 24 heavy (non-hydrogen) atoms. The van der Waals surface area contributed by atoms with Crippen molar-refractivity contribution >= 4 is 17.5 Å². The largest absolute Gasteiger partial charge is 0.324 e. The minimum atomic E-state index is -0.407. The molecule has 2 amide bonds. The Morgan fingerprint density at radius 1 is 1.08 bits per heavy atom. The van der Waals surface area contributed by atoms with Crippen LogP contribution in [0.4, 0.5) is 16.3 Å². The van der Waals surface area contributed by atoms with Gasteiger partial charge < -0.3 is 5.32 Å². The van der Waals surface area contributed by atoms with E-state index in [2.05, 4.69) is 15.7 Å². The number of rotatable bonds is 4. The fraction of sp³-hybridized carbons (Fsp3) is 0.0556. The minimum absolute atomic E-state index is 0.407. The highest BCUT2D eigenvalue weighted by atomic mass is 16.2. The maximum atomic E-state index is 12.0. The van der Waals surface area contributed by atoms with Crippen LogP contribution in [-0.2, 0) is 6.54 Å². The Morgan fingerprint density at radius 2 is 1.92 bits per heavy atom.